The molecule has 0 aliphatic heterocycles. The molecule has 3 nitrogen and oxygen atoms in total. The Kier molecular flexibility index (Phi) is 13.3. The highest BCUT2D eigenvalue weighted by Gasteiger charge is 2.17. The van der Waals surface area contributed by atoms with E-state index in [2.05, 4.69) is 193 Å². The third-order valence-corrected chi connectivity index (χ3v) is 11.3. The van der Waals surface area contributed by atoms with E-state index in [-0.39, 0.29) is 0 Å². The van der Waals surface area contributed by atoms with Crippen LogP contribution in [0.25, 0.3) is 78.6 Å². The van der Waals surface area contributed by atoms with Crippen LogP contribution in [0, 0.1) is 5.92 Å². The van der Waals surface area contributed by atoms with Crippen molar-refractivity contribution >= 4 is 22.4 Å². The van der Waals surface area contributed by atoms with Gasteiger partial charge >= 0.3 is 0 Å². The number of fused-ring (bicyclic) bond motifs is 4. The van der Waals surface area contributed by atoms with E-state index in [0.29, 0.717) is 11.7 Å². The van der Waals surface area contributed by atoms with Gasteiger partial charge in [0.25, 0.3) is 0 Å². The summed E-state index contributed by atoms with van der Waals surface area (Å²) in [6, 6.07) is 43.5. The standard InChI is InChI=1S/C55H41N3.2C2H6/c1-2-5-15-43-33-38(13-4-1)14-10-23-48(43)44-17-11-18-46(34-44)55-57-53(41-28-24-39(25-29-41)47-19-12-32-56-37-47)36-54(58-55)42-30-26-40(27-31-42)52-35-45-16-6-3-7-20-49(45)50-21-8-9-22-51(50)52;2*1-2/h1,3-12,14-19,21-38H,2,13,20H2;2*1-2H3/b4-1?,15-5-;;. The first-order valence-corrected chi connectivity index (χ1v) is 22.2. The number of nitrogens with zero attached hydrogens (tertiary/aromatic N) is 3. The molecular weight excluding hydrogens is 751 g/mol. The lowest BCUT2D eigenvalue weighted by molar-refractivity contribution is 0.829. The molecule has 2 bridgehead atoms. The zero-order chi connectivity index (χ0) is 42.7. The maximum Gasteiger partial charge on any atom is 0.160 e. The largest absolute Gasteiger partial charge is 0.264 e. The number of aromatic nitrogens is 3. The number of allylic oxidation sites excluding steroid dienone is 13. The van der Waals surface area contributed by atoms with Crippen LogP contribution in [-0.2, 0) is 6.42 Å². The molecule has 304 valence electrons. The average Bonchev–Trinajstić information content (AvgIpc) is 3.67. The van der Waals surface area contributed by atoms with Gasteiger partial charge in [-0.2, -0.15) is 0 Å². The van der Waals surface area contributed by atoms with Crippen molar-refractivity contribution in [1.29, 1.82) is 0 Å². The number of benzene rings is 5. The second-order valence-electron chi connectivity index (χ2n) is 15.1. The van der Waals surface area contributed by atoms with Crippen molar-refractivity contribution in [3.63, 3.8) is 0 Å². The van der Waals surface area contributed by atoms with Gasteiger partial charge in [0, 0.05) is 29.1 Å². The van der Waals surface area contributed by atoms with Crippen LogP contribution in [0.1, 0.15) is 57.2 Å². The SMILES string of the molecule is C1=CCc2c(cc(-c3ccc(-c4cc(-c5ccc(-c6cccnc6)cc5)nc(-c5cccc(C6=CC=CC7C=C6/C=C\CC=CC7)c5)n4)cc3)c3ccccc23)C=C1.CC.CC. The minimum atomic E-state index is 0.370. The van der Waals surface area contributed by atoms with Gasteiger partial charge in [-0.05, 0) is 110 Å². The van der Waals surface area contributed by atoms with E-state index in [4.69, 9.17) is 9.97 Å². The molecule has 7 aromatic rings. The molecule has 2 heterocycles. The molecule has 3 aliphatic carbocycles. The molecule has 0 amide bonds. The van der Waals surface area contributed by atoms with Crippen LogP contribution < -0.4 is 0 Å². The van der Waals surface area contributed by atoms with E-state index in [1.807, 2.05) is 40.0 Å². The Balaban J connectivity index is 0.00000129. The van der Waals surface area contributed by atoms with Gasteiger partial charge in [0.1, 0.15) is 0 Å². The summed E-state index contributed by atoms with van der Waals surface area (Å²) in [7, 11) is 0. The molecule has 0 radical (unpaired) electrons. The van der Waals surface area contributed by atoms with Crippen LogP contribution >= 0.6 is 0 Å². The first kappa shape index (κ1) is 41.5. The van der Waals surface area contributed by atoms with Crippen molar-refractivity contribution in [1.82, 2.24) is 15.0 Å². The summed E-state index contributed by atoms with van der Waals surface area (Å²) < 4.78 is 0. The summed E-state index contributed by atoms with van der Waals surface area (Å²) in [4.78, 5) is 14.9. The van der Waals surface area contributed by atoms with Gasteiger partial charge in [0.15, 0.2) is 5.82 Å². The lowest BCUT2D eigenvalue weighted by Crippen LogP contribution is -1.97. The van der Waals surface area contributed by atoms with E-state index in [0.717, 1.165) is 64.0 Å². The minimum absolute atomic E-state index is 0.370. The molecule has 10 rings (SSSR count). The van der Waals surface area contributed by atoms with Gasteiger partial charge in [0.2, 0.25) is 0 Å². The van der Waals surface area contributed by atoms with Crippen LogP contribution in [0.4, 0.5) is 0 Å². The van der Waals surface area contributed by atoms with Gasteiger partial charge in [-0.25, -0.2) is 9.97 Å². The lowest BCUT2D eigenvalue weighted by atomic mass is 9.90. The predicted octanol–water partition coefficient (Wildman–Crippen LogP) is 15.9. The molecule has 0 fully saturated rings. The van der Waals surface area contributed by atoms with Gasteiger partial charge in [-0.1, -0.05) is 198 Å². The zero-order valence-corrected chi connectivity index (χ0v) is 36.2. The van der Waals surface area contributed by atoms with E-state index in [9.17, 15) is 0 Å². The van der Waals surface area contributed by atoms with Crippen molar-refractivity contribution in [2.75, 3.05) is 0 Å². The Bertz CT molecular complexity index is 2880. The number of hydrogen-bond acceptors (Lipinski definition) is 3. The topological polar surface area (TPSA) is 38.7 Å². The Morgan fingerprint density at radius 2 is 1.24 bits per heavy atom. The smallest absolute Gasteiger partial charge is 0.160 e. The molecule has 0 saturated heterocycles. The van der Waals surface area contributed by atoms with Gasteiger partial charge in [0.05, 0.1) is 11.4 Å². The average molecular weight is 804 g/mol. The van der Waals surface area contributed by atoms with Crippen LogP contribution in [-0.4, -0.2) is 15.0 Å². The summed E-state index contributed by atoms with van der Waals surface area (Å²) in [6.45, 7) is 8.00. The quantitative estimate of drug-likeness (QED) is 0.157. The van der Waals surface area contributed by atoms with Crippen molar-refractivity contribution < 1.29 is 0 Å². The van der Waals surface area contributed by atoms with Gasteiger partial charge in [-0.3, -0.25) is 4.98 Å². The van der Waals surface area contributed by atoms with E-state index in [1.54, 1.807) is 6.20 Å². The molecule has 3 heteroatoms. The number of pyridine rings is 1. The zero-order valence-electron chi connectivity index (χ0n) is 36.2. The molecule has 0 N–H and O–H groups in total. The molecule has 1 unspecified atom stereocenters. The Hall–Kier alpha value is -7.23. The van der Waals surface area contributed by atoms with Crippen molar-refractivity contribution in [2.24, 2.45) is 5.92 Å². The van der Waals surface area contributed by atoms with Crippen molar-refractivity contribution in [2.45, 2.75) is 47.0 Å². The third kappa shape index (κ3) is 9.08. The van der Waals surface area contributed by atoms with Crippen molar-refractivity contribution in [3.05, 3.63) is 223 Å². The van der Waals surface area contributed by atoms with Gasteiger partial charge < -0.3 is 0 Å². The minimum Gasteiger partial charge on any atom is -0.264 e. The van der Waals surface area contributed by atoms with Crippen LogP contribution in [0.3, 0.4) is 0 Å². The fourth-order valence-corrected chi connectivity index (χ4v) is 8.33. The maximum absolute atomic E-state index is 5.29. The van der Waals surface area contributed by atoms with Crippen LogP contribution in [0.2, 0.25) is 0 Å². The molecule has 62 heavy (non-hydrogen) atoms. The highest BCUT2D eigenvalue weighted by Crippen LogP contribution is 2.38. The highest BCUT2D eigenvalue weighted by atomic mass is 14.9. The molecule has 0 saturated carbocycles. The van der Waals surface area contributed by atoms with Crippen LogP contribution in [0.5, 0.6) is 0 Å². The fourth-order valence-electron chi connectivity index (χ4n) is 8.33. The fraction of sp³-hybridized carbons (Fsp3) is 0.136. The Labute approximate surface area is 367 Å². The normalized spacial score (nSPS) is 15.5. The molecule has 0 spiro atoms. The van der Waals surface area contributed by atoms with E-state index < -0.39 is 0 Å². The van der Waals surface area contributed by atoms with Gasteiger partial charge in [-0.15, -0.1) is 0 Å². The summed E-state index contributed by atoms with van der Waals surface area (Å²) in [5, 5.41) is 2.58. The summed E-state index contributed by atoms with van der Waals surface area (Å²) in [6.07, 6.45) is 33.5. The molecule has 2 aromatic heterocycles. The monoisotopic (exact) mass is 803 g/mol. The van der Waals surface area contributed by atoms with E-state index in [1.165, 1.54) is 44.2 Å². The second-order valence-corrected chi connectivity index (χ2v) is 15.1. The molecular formula is C59H53N3. The number of hydrogen-bond donors (Lipinski definition) is 0. The first-order valence-electron chi connectivity index (χ1n) is 22.2. The first-order chi connectivity index (χ1) is 30.7. The Morgan fingerprint density at radius 3 is 2.00 bits per heavy atom. The highest BCUT2D eigenvalue weighted by molar-refractivity contribution is 6.01. The molecule has 1 atom stereocenters. The summed E-state index contributed by atoms with van der Waals surface area (Å²) in [5.74, 6) is 1.06. The second kappa shape index (κ2) is 19.9. The van der Waals surface area contributed by atoms with Crippen LogP contribution in [0.15, 0.2) is 206 Å². The van der Waals surface area contributed by atoms with E-state index >= 15 is 0 Å². The number of rotatable bonds is 6. The molecule has 3 aliphatic rings. The lowest BCUT2D eigenvalue weighted by Gasteiger charge is -2.15. The van der Waals surface area contributed by atoms with Crippen molar-refractivity contribution in [3.8, 4) is 56.2 Å². The Morgan fingerprint density at radius 1 is 0.532 bits per heavy atom. The predicted molar refractivity (Wildman–Crippen MR) is 265 cm³/mol. The maximum atomic E-state index is 5.29. The summed E-state index contributed by atoms with van der Waals surface area (Å²) in [5.41, 5.74) is 15.6. The molecule has 5 aromatic carbocycles. The summed E-state index contributed by atoms with van der Waals surface area (Å²) >= 11 is 0. The third-order valence-electron chi connectivity index (χ3n) is 11.3.